The summed E-state index contributed by atoms with van der Waals surface area (Å²) in [6.45, 7) is 5.07. The van der Waals surface area contributed by atoms with Gasteiger partial charge in [-0.2, -0.15) is 13.2 Å². The summed E-state index contributed by atoms with van der Waals surface area (Å²) in [4.78, 5) is 12.3. The molecule has 0 aromatic carbocycles. The van der Waals surface area contributed by atoms with E-state index in [1.54, 1.807) is 0 Å². The van der Waals surface area contributed by atoms with E-state index in [1.165, 1.54) is 30.8 Å². The molecule has 0 bridgehead atoms. The van der Waals surface area contributed by atoms with Crippen molar-refractivity contribution in [2.75, 3.05) is 5.75 Å². The summed E-state index contributed by atoms with van der Waals surface area (Å²) >= 11 is 0. The van der Waals surface area contributed by atoms with Crippen LogP contribution in [0.15, 0.2) is 41.8 Å². The Hall–Kier alpha value is -2.95. The maximum Gasteiger partial charge on any atom is 0.417 e. The molecule has 0 saturated heterocycles. The summed E-state index contributed by atoms with van der Waals surface area (Å²) < 4.78 is 66.2. The minimum atomic E-state index is -4.58. The van der Waals surface area contributed by atoms with Crippen LogP contribution in [0.4, 0.5) is 13.2 Å². The fraction of sp³-hybridized carbons (Fsp3) is 0.350. The van der Waals surface area contributed by atoms with Crippen LogP contribution < -0.4 is 0 Å². The van der Waals surface area contributed by atoms with Crippen LogP contribution in [-0.2, 0) is 28.5 Å². The number of nitrogens with zero attached hydrogens (tertiary/aromatic N) is 4. The van der Waals surface area contributed by atoms with E-state index in [9.17, 15) is 26.7 Å². The normalized spacial score (nSPS) is 15.9. The monoisotopic (exact) mass is 452 g/mol. The second-order valence-electron chi connectivity index (χ2n) is 7.56. The van der Waals surface area contributed by atoms with Crippen LogP contribution in [0.2, 0.25) is 0 Å². The van der Waals surface area contributed by atoms with E-state index in [4.69, 9.17) is 0 Å². The number of fused-ring (bicyclic) bond motifs is 1. The third-order valence-corrected chi connectivity index (χ3v) is 7.41. The van der Waals surface area contributed by atoms with Crippen LogP contribution in [0.25, 0.3) is 22.7 Å². The predicted molar refractivity (Wildman–Crippen MR) is 107 cm³/mol. The van der Waals surface area contributed by atoms with Crippen molar-refractivity contribution >= 4 is 21.0 Å². The molecule has 1 fully saturated rings. The molecule has 0 unspecified atom stereocenters. The van der Waals surface area contributed by atoms with Gasteiger partial charge in [-0.25, -0.2) is 18.4 Å². The lowest BCUT2D eigenvalue weighted by molar-refractivity contribution is -0.137. The quantitative estimate of drug-likeness (QED) is 0.589. The number of hydrogen-bond donors (Lipinski definition) is 1. The average Bonchev–Trinajstić information content (AvgIpc) is 3.46. The summed E-state index contributed by atoms with van der Waals surface area (Å²) in [6.07, 6.45) is -1.19. The number of aryl methyl sites for hydroxylation is 1. The number of sulfone groups is 1. The number of aromatic nitrogens is 4. The van der Waals surface area contributed by atoms with Crippen molar-refractivity contribution in [1.82, 2.24) is 19.5 Å². The topological polar surface area (TPSA) is 98.0 Å². The van der Waals surface area contributed by atoms with Crippen molar-refractivity contribution in [1.29, 1.82) is 0 Å². The minimum absolute atomic E-state index is 0.0130. The van der Waals surface area contributed by atoms with E-state index >= 15 is 0 Å². The molecular formula is C20H19F3N4O3S. The number of rotatable bonds is 5. The number of aliphatic hydroxyl groups is 1. The molecule has 0 amide bonds. The lowest BCUT2D eigenvalue weighted by Gasteiger charge is -2.16. The molecule has 3 aromatic heterocycles. The molecule has 1 aliphatic rings. The Bertz CT molecular complexity index is 1330. The molecule has 0 aliphatic heterocycles. The smallest absolute Gasteiger partial charge is 0.417 e. The molecule has 31 heavy (non-hydrogen) atoms. The molecule has 3 aromatic rings. The van der Waals surface area contributed by atoms with E-state index < -0.39 is 27.0 Å². The van der Waals surface area contributed by atoms with Gasteiger partial charge in [-0.05, 0) is 30.5 Å². The maximum absolute atomic E-state index is 13.0. The highest BCUT2D eigenvalue weighted by Crippen LogP contribution is 2.53. The fourth-order valence-corrected chi connectivity index (χ4v) is 4.63. The van der Waals surface area contributed by atoms with Crippen molar-refractivity contribution in [2.45, 2.75) is 36.3 Å². The first-order chi connectivity index (χ1) is 14.4. The van der Waals surface area contributed by atoms with Crippen LogP contribution in [0.5, 0.6) is 0 Å². The van der Waals surface area contributed by atoms with Crippen LogP contribution in [0.1, 0.15) is 30.9 Å². The second-order valence-corrected chi connectivity index (χ2v) is 9.81. The van der Waals surface area contributed by atoms with Crippen LogP contribution in [0.3, 0.4) is 0 Å². The summed E-state index contributed by atoms with van der Waals surface area (Å²) in [5.41, 5.74) is -1.01. The Morgan fingerprint density at radius 1 is 1.26 bits per heavy atom. The number of hydrogen-bond acceptors (Lipinski definition) is 6. The van der Waals surface area contributed by atoms with Gasteiger partial charge in [0.15, 0.2) is 21.3 Å². The van der Waals surface area contributed by atoms with Crippen molar-refractivity contribution in [3.05, 3.63) is 48.0 Å². The zero-order chi connectivity index (χ0) is 22.8. The molecule has 7 nitrogen and oxygen atoms in total. The Morgan fingerprint density at radius 2 is 1.94 bits per heavy atom. The number of imidazole rings is 1. The first-order valence-corrected chi connectivity index (χ1v) is 11.1. The molecule has 164 valence electrons. The highest BCUT2D eigenvalue weighted by atomic mass is 32.2. The third kappa shape index (κ3) is 3.36. The number of aliphatic hydroxyl groups excluding tert-OH is 1. The molecule has 1 saturated carbocycles. The predicted octanol–water partition coefficient (Wildman–Crippen LogP) is 3.95. The summed E-state index contributed by atoms with van der Waals surface area (Å²) in [6, 6.07) is 2.31. The van der Waals surface area contributed by atoms with Gasteiger partial charge in [-0.15, -0.1) is 0 Å². The molecule has 3 heterocycles. The molecule has 0 atom stereocenters. The van der Waals surface area contributed by atoms with Crippen LogP contribution in [-0.4, -0.2) is 38.8 Å². The van der Waals surface area contributed by atoms with Gasteiger partial charge >= 0.3 is 6.18 Å². The first-order valence-electron chi connectivity index (χ1n) is 9.42. The number of alkyl halides is 3. The van der Waals surface area contributed by atoms with Crippen molar-refractivity contribution in [2.24, 2.45) is 7.05 Å². The Balaban J connectivity index is 1.94. The highest BCUT2D eigenvalue weighted by Gasteiger charge is 2.48. The zero-order valence-electron chi connectivity index (χ0n) is 16.7. The minimum Gasteiger partial charge on any atom is -0.512 e. The van der Waals surface area contributed by atoms with Gasteiger partial charge in [-0.1, -0.05) is 13.5 Å². The third-order valence-electron chi connectivity index (χ3n) is 5.67. The summed E-state index contributed by atoms with van der Waals surface area (Å²) in [7, 11) is -2.24. The SMILES string of the molecule is C=C(O)C1(c2cnc(-c3nc4cc(C(F)(F)F)cnc4n3C)c(S(=O)(=O)CC)c2)CC1. The molecule has 11 heteroatoms. The van der Waals surface area contributed by atoms with Crippen molar-refractivity contribution in [3.63, 3.8) is 0 Å². The van der Waals surface area contributed by atoms with Gasteiger partial charge in [0.1, 0.15) is 11.2 Å². The molecule has 1 N–H and O–H groups in total. The molecule has 4 rings (SSSR count). The van der Waals surface area contributed by atoms with E-state index in [1.807, 2.05) is 0 Å². The summed E-state index contributed by atoms with van der Waals surface area (Å²) in [5, 5.41) is 9.98. The van der Waals surface area contributed by atoms with E-state index in [0.29, 0.717) is 24.6 Å². The lowest BCUT2D eigenvalue weighted by Crippen LogP contribution is -2.14. The first kappa shape index (κ1) is 21.3. The van der Waals surface area contributed by atoms with Gasteiger partial charge in [0.05, 0.1) is 27.4 Å². The summed E-state index contributed by atoms with van der Waals surface area (Å²) in [5.74, 6) is -0.194. The largest absolute Gasteiger partial charge is 0.512 e. The number of pyridine rings is 2. The number of halogens is 3. The average molecular weight is 452 g/mol. The number of allylic oxidation sites excluding steroid dienone is 1. The molecule has 0 spiro atoms. The maximum atomic E-state index is 13.0. The van der Waals surface area contributed by atoms with Crippen molar-refractivity contribution < 1.29 is 26.7 Å². The Kier molecular flexibility index (Phi) is 4.65. The van der Waals surface area contributed by atoms with Gasteiger partial charge in [0.2, 0.25) is 0 Å². The van der Waals surface area contributed by atoms with Gasteiger partial charge in [0.25, 0.3) is 0 Å². The molecular weight excluding hydrogens is 433 g/mol. The molecule has 0 radical (unpaired) electrons. The lowest BCUT2D eigenvalue weighted by atomic mass is 9.96. The Labute approximate surface area is 176 Å². The van der Waals surface area contributed by atoms with Gasteiger partial charge in [0, 0.05) is 19.4 Å². The van der Waals surface area contributed by atoms with Crippen LogP contribution >= 0.6 is 0 Å². The standard InChI is InChI=1S/C20H19F3N4O3S/c1-4-31(29,30)15-8-12(19(5-6-19)11(2)28)9-24-16(15)18-26-14-7-13(20(21,22)23)10-25-17(14)27(18)3/h7-10,28H,2,4-6H2,1,3H3. The molecule has 1 aliphatic carbocycles. The Morgan fingerprint density at radius 3 is 2.48 bits per heavy atom. The highest BCUT2D eigenvalue weighted by molar-refractivity contribution is 7.91. The second kappa shape index (κ2) is 6.78. The van der Waals surface area contributed by atoms with E-state index in [0.717, 1.165) is 6.07 Å². The van der Waals surface area contributed by atoms with Gasteiger partial charge in [-0.3, -0.25) is 4.98 Å². The zero-order valence-corrected chi connectivity index (χ0v) is 17.5. The van der Waals surface area contributed by atoms with Crippen LogP contribution in [0, 0.1) is 0 Å². The fourth-order valence-electron chi connectivity index (χ4n) is 3.58. The van der Waals surface area contributed by atoms with E-state index in [-0.39, 0.29) is 39.1 Å². The van der Waals surface area contributed by atoms with Gasteiger partial charge < -0.3 is 9.67 Å². The van der Waals surface area contributed by atoms with E-state index in [2.05, 4.69) is 21.5 Å². The van der Waals surface area contributed by atoms with Crippen molar-refractivity contribution in [3.8, 4) is 11.5 Å².